The minimum absolute atomic E-state index is 0.133. The molecule has 0 N–H and O–H groups in total. The lowest BCUT2D eigenvalue weighted by molar-refractivity contribution is 0.584. The molecule has 1 heterocycles. The molecule has 0 spiro atoms. The molecule has 0 atom stereocenters. The SMILES string of the molecule is [2H]c1c([2H])c([2H])c2c(-c3ccc4oc5ccc(-c6ccc(-c7cc(F)cc(F)c7)cc6)cc5c4c3)c3c([2H])c([2H])c([2H])c([2H])c3c(-c3ccccc3)c2c1[2H]. The molecule has 1 aromatic heterocycles. The van der Waals surface area contributed by atoms with Crippen molar-refractivity contribution in [3.8, 4) is 44.5 Å². The lowest BCUT2D eigenvalue weighted by Crippen LogP contribution is -1.90. The van der Waals surface area contributed by atoms with E-state index in [2.05, 4.69) is 0 Å². The Hall–Kier alpha value is -6.06. The van der Waals surface area contributed by atoms with E-state index in [9.17, 15) is 11.5 Å². The second-order valence-corrected chi connectivity index (χ2v) is 11.4. The summed E-state index contributed by atoms with van der Waals surface area (Å²) in [6.07, 6.45) is 0. The molecule has 0 aliphatic carbocycles. The Morgan fingerprint density at radius 1 is 0.383 bits per heavy atom. The molecule has 0 fully saturated rings. The Morgan fingerprint density at radius 2 is 0.830 bits per heavy atom. The summed E-state index contributed by atoms with van der Waals surface area (Å²) >= 11 is 0. The molecule has 9 rings (SSSR count). The summed E-state index contributed by atoms with van der Waals surface area (Å²) in [5.74, 6) is -1.32. The van der Waals surface area contributed by atoms with Crippen LogP contribution in [0, 0.1) is 11.6 Å². The molecular weight excluding hydrogens is 582 g/mol. The molecule has 0 saturated heterocycles. The second kappa shape index (κ2) is 10.8. The van der Waals surface area contributed by atoms with Crippen molar-refractivity contribution in [1.29, 1.82) is 0 Å². The standard InChI is InChI=1S/C44H26F2O/c45-33-22-32(23-34(46)26-33)28-16-14-27(15-17-28)30-18-20-41-39(24-30)40-25-31(19-21-42(40)47-41)44-37-12-6-4-10-35(37)43(29-8-2-1-3-9-29)36-11-5-7-13-38(36)44/h1-26H/i4D,5D,6D,7D,10D,11D,12D,13D. The number of hydrogen-bond acceptors (Lipinski definition) is 1. The maximum absolute atomic E-state index is 13.9. The van der Waals surface area contributed by atoms with Crippen LogP contribution in [0.2, 0.25) is 0 Å². The Kier molecular flexibility index (Phi) is 4.62. The number of fused-ring (bicyclic) bond motifs is 5. The van der Waals surface area contributed by atoms with Gasteiger partial charge in [-0.25, -0.2) is 8.78 Å². The number of furan rings is 1. The minimum atomic E-state index is -0.662. The van der Waals surface area contributed by atoms with Crippen LogP contribution in [0.1, 0.15) is 11.0 Å². The summed E-state index contributed by atoms with van der Waals surface area (Å²) in [6, 6.07) is 27.4. The molecule has 0 aliphatic rings. The highest BCUT2D eigenvalue weighted by molar-refractivity contribution is 6.22. The highest BCUT2D eigenvalue weighted by Crippen LogP contribution is 2.45. The normalized spacial score (nSPS) is 14.0. The number of halogens is 2. The zero-order valence-electron chi connectivity index (χ0n) is 32.6. The zero-order chi connectivity index (χ0) is 38.4. The molecule has 222 valence electrons. The van der Waals surface area contributed by atoms with Crippen LogP contribution in [0.4, 0.5) is 8.78 Å². The number of hydrogen-bond donors (Lipinski definition) is 0. The average molecular weight is 617 g/mol. The van der Waals surface area contributed by atoms with Crippen LogP contribution >= 0.6 is 0 Å². The summed E-state index contributed by atoms with van der Waals surface area (Å²) in [5.41, 5.74) is 5.42. The summed E-state index contributed by atoms with van der Waals surface area (Å²) in [5, 5.41) is 1.98. The van der Waals surface area contributed by atoms with Gasteiger partial charge < -0.3 is 4.42 Å². The van der Waals surface area contributed by atoms with Crippen molar-refractivity contribution in [2.45, 2.75) is 0 Å². The fourth-order valence-electron chi connectivity index (χ4n) is 6.50. The van der Waals surface area contributed by atoms with Crippen LogP contribution in [0.3, 0.4) is 0 Å². The van der Waals surface area contributed by atoms with Gasteiger partial charge in [-0.05, 0) is 102 Å². The largest absolute Gasteiger partial charge is 0.456 e. The van der Waals surface area contributed by atoms with E-state index >= 15 is 0 Å². The Morgan fingerprint density at radius 3 is 1.38 bits per heavy atom. The van der Waals surface area contributed by atoms with Gasteiger partial charge in [-0.2, -0.15) is 0 Å². The first-order valence-corrected chi connectivity index (χ1v) is 15.0. The second-order valence-electron chi connectivity index (χ2n) is 11.4. The topological polar surface area (TPSA) is 13.1 Å². The highest BCUT2D eigenvalue weighted by Gasteiger charge is 2.18. The minimum Gasteiger partial charge on any atom is -0.456 e. The molecule has 3 heteroatoms. The van der Waals surface area contributed by atoms with Crippen LogP contribution in [-0.2, 0) is 0 Å². The van der Waals surface area contributed by atoms with Gasteiger partial charge in [-0.1, -0.05) is 115 Å². The lowest BCUT2D eigenvalue weighted by atomic mass is 9.86. The third kappa shape index (κ3) is 4.59. The van der Waals surface area contributed by atoms with Gasteiger partial charge in [0.05, 0.1) is 11.0 Å². The first kappa shape index (κ1) is 20.1. The van der Waals surface area contributed by atoms with Gasteiger partial charge in [0.2, 0.25) is 0 Å². The Balaban J connectivity index is 1.32. The monoisotopic (exact) mass is 616 g/mol. The van der Waals surface area contributed by atoms with Crippen LogP contribution in [-0.4, -0.2) is 0 Å². The summed E-state index contributed by atoms with van der Waals surface area (Å²) < 4.78 is 105. The predicted octanol–water partition coefficient (Wildman–Crippen LogP) is 12.8. The van der Waals surface area contributed by atoms with Crippen molar-refractivity contribution < 1.29 is 24.2 Å². The van der Waals surface area contributed by atoms with Crippen molar-refractivity contribution in [1.82, 2.24) is 0 Å². The van der Waals surface area contributed by atoms with E-state index in [4.69, 9.17) is 12.6 Å². The average Bonchev–Trinajstić information content (AvgIpc) is 3.56. The van der Waals surface area contributed by atoms with Crippen molar-refractivity contribution >= 4 is 43.5 Å². The number of rotatable bonds is 4. The molecule has 0 bridgehead atoms. The van der Waals surface area contributed by atoms with Crippen molar-refractivity contribution in [3.63, 3.8) is 0 Å². The summed E-state index contributed by atoms with van der Waals surface area (Å²) in [4.78, 5) is 0. The molecule has 0 unspecified atom stereocenters. The molecule has 47 heavy (non-hydrogen) atoms. The van der Waals surface area contributed by atoms with E-state index in [1.807, 2.05) is 36.4 Å². The summed E-state index contributed by atoms with van der Waals surface area (Å²) in [6.45, 7) is 0. The summed E-state index contributed by atoms with van der Waals surface area (Å²) in [7, 11) is 0. The quantitative estimate of drug-likeness (QED) is 0.179. The van der Waals surface area contributed by atoms with Gasteiger partial charge in [0, 0.05) is 16.8 Å². The Bertz CT molecular complexity index is 2990. The maximum Gasteiger partial charge on any atom is 0.135 e. The van der Waals surface area contributed by atoms with Crippen molar-refractivity contribution in [3.05, 3.63) is 169 Å². The van der Waals surface area contributed by atoms with Gasteiger partial charge in [0.25, 0.3) is 0 Å². The Labute approximate surface area is 281 Å². The van der Waals surface area contributed by atoms with Crippen LogP contribution in [0.25, 0.3) is 88.0 Å². The zero-order valence-corrected chi connectivity index (χ0v) is 24.6. The molecule has 0 radical (unpaired) electrons. The van der Waals surface area contributed by atoms with E-state index in [0.717, 1.165) is 22.6 Å². The molecule has 0 saturated carbocycles. The van der Waals surface area contributed by atoms with E-state index in [1.54, 1.807) is 54.6 Å². The number of benzene rings is 8. The smallest absolute Gasteiger partial charge is 0.135 e. The van der Waals surface area contributed by atoms with Crippen molar-refractivity contribution in [2.75, 3.05) is 0 Å². The molecule has 0 aliphatic heterocycles. The first-order chi connectivity index (χ1) is 26.4. The maximum atomic E-state index is 13.9. The fraction of sp³-hybridized carbons (Fsp3) is 0. The van der Waals surface area contributed by atoms with Gasteiger partial charge in [0.1, 0.15) is 22.8 Å². The fourth-order valence-corrected chi connectivity index (χ4v) is 6.50. The van der Waals surface area contributed by atoms with Gasteiger partial charge >= 0.3 is 0 Å². The molecular formula is C44H26F2O. The molecule has 8 aromatic carbocycles. The van der Waals surface area contributed by atoms with Crippen LogP contribution < -0.4 is 0 Å². The lowest BCUT2D eigenvalue weighted by Gasteiger charge is -2.17. The van der Waals surface area contributed by atoms with Gasteiger partial charge in [0.15, 0.2) is 0 Å². The predicted molar refractivity (Wildman–Crippen MR) is 190 cm³/mol. The van der Waals surface area contributed by atoms with Gasteiger partial charge in [-0.3, -0.25) is 0 Å². The third-order valence-electron chi connectivity index (χ3n) is 8.61. The van der Waals surface area contributed by atoms with E-state index in [1.165, 1.54) is 12.1 Å². The van der Waals surface area contributed by atoms with E-state index in [-0.39, 0.29) is 51.3 Å². The van der Waals surface area contributed by atoms with Gasteiger partial charge in [-0.15, -0.1) is 0 Å². The first-order valence-electron chi connectivity index (χ1n) is 19.0. The van der Waals surface area contributed by atoms with E-state index in [0.29, 0.717) is 44.4 Å². The van der Waals surface area contributed by atoms with Crippen LogP contribution in [0.15, 0.2) is 162 Å². The van der Waals surface area contributed by atoms with E-state index < -0.39 is 35.8 Å². The third-order valence-corrected chi connectivity index (χ3v) is 8.61. The molecule has 1 nitrogen and oxygen atoms in total. The molecule has 9 aromatic rings. The van der Waals surface area contributed by atoms with Crippen LogP contribution in [0.5, 0.6) is 0 Å². The molecule has 0 amide bonds. The highest BCUT2D eigenvalue weighted by atomic mass is 19.1. The van der Waals surface area contributed by atoms with Crippen molar-refractivity contribution in [2.24, 2.45) is 0 Å².